The average Bonchev–Trinajstić information content (AvgIpc) is 3.00. The highest BCUT2D eigenvalue weighted by atomic mass is 32.2. The fourth-order valence-electron chi connectivity index (χ4n) is 2.80. The summed E-state index contributed by atoms with van der Waals surface area (Å²) >= 11 is 0. The van der Waals surface area contributed by atoms with Crippen LogP contribution in [0.2, 0.25) is 0 Å². The van der Waals surface area contributed by atoms with Crippen LogP contribution in [0, 0.1) is 0 Å². The SMILES string of the molecule is O=C1CCCN1c1cccc(NS(=O)(=O)c2ccccc2C(F)(F)F)c1. The summed E-state index contributed by atoms with van der Waals surface area (Å²) in [5, 5.41) is 0. The molecule has 26 heavy (non-hydrogen) atoms. The molecule has 1 saturated heterocycles. The second-order valence-corrected chi connectivity index (χ2v) is 7.45. The third kappa shape index (κ3) is 3.67. The molecular weight excluding hydrogens is 369 g/mol. The van der Waals surface area contributed by atoms with Crippen LogP contribution in [-0.4, -0.2) is 20.9 Å². The van der Waals surface area contributed by atoms with Crippen LogP contribution in [0.4, 0.5) is 24.5 Å². The molecule has 0 unspecified atom stereocenters. The molecule has 9 heteroatoms. The lowest BCUT2D eigenvalue weighted by molar-refractivity contribution is -0.139. The molecule has 0 spiro atoms. The molecule has 5 nitrogen and oxygen atoms in total. The molecule has 3 rings (SSSR count). The minimum atomic E-state index is -4.80. The maximum absolute atomic E-state index is 13.1. The van der Waals surface area contributed by atoms with Crippen molar-refractivity contribution >= 4 is 27.3 Å². The first-order chi connectivity index (χ1) is 12.2. The van der Waals surface area contributed by atoms with Crippen LogP contribution in [0.1, 0.15) is 18.4 Å². The number of sulfonamides is 1. The third-order valence-corrected chi connectivity index (χ3v) is 5.40. The molecule has 0 atom stereocenters. The summed E-state index contributed by atoms with van der Waals surface area (Å²) in [4.78, 5) is 12.5. The highest BCUT2D eigenvalue weighted by Gasteiger charge is 2.37. The predicted molar refractivity (Wildman–Crippen MR) is 90.3 cm³/mol. The van der Waals surface area contributed by atoms with Crippen LogP contribution in [-0.2, 0) is 21.0 Å². The van der Waals surface area contributed by atoms with Gasteiger partial charge in [-0.1, -0.05) is 18.2 Å². The molecule has 0 bridgehead atoms. The lowest BCUT2D eigenvalue weighted by atomic mass is 10.2. The molecular formula is C17H15F3N2O3S. The number of amides is 1. The van der Waals surface area contributed by atoms with Crippen LogP contribution in [0.3, 0.4) is 0 Å². The van der Waals surface area contributed by atoms with E-state index in [2.05, 4.69) is 4.72 Å². The van der Waals surface area contributed by atoms with E-state index in [1.54, 1.807) is 6.07 Å². The zero-order valence-corrected chi connectivity index (χ0v) is 14.3. The Bertz CT molecular complexity index is 942. The van der Waals surface area contributed by atoms with Gasteiger partial charge in [-0.15, -0.1) is 0 Å². The molecule has 2 aromatic carbocycles. The van der Waals surface area contributed by atoms with Gasteiger partial charge < -0.3 is 4.90 Å². The summed E-state index contributed by atoms with van der Waals surface area (Å²) in [5.74, 6) is -0.0765. The highest BCUT2D eigenvalue weighted by Crippen LogP contribution is 2.35. The van der Waals surface area contributed by atoms with Gasteiger partial charge in [0.15, 0.2) is 0 Å². The molecule has 0 aliphatic carbocycles. The third-order valence-electron chi connectivity index (χ3n) is 3.97. The number of nitrogens with zero attached hydrogens (tertiary/aromatic N) is 1. The number of nitrogens with one attached hydrogen (secondary N) is 1. The summed E-state index contributed by atoms with van der Waals surface area (Å²) in [6.45, 7) is 0.520. The first kappa shape index (κ1) is 18.2. The first-order valence-corrected chi connectivity index (χ1v) is 9.26. The molecule has 2 aromatic rings. The molecule has 1 heterocycles. The smallest absolute Gasteiger partial charge is 0.312 e. The topological polar surface area (TPSA) is 66.5 Å². The number of carbonyl (C=O) groups excluding carboxylic acids is 1. The van der Waals surface area contributed by atoms with Gasteiger partial charge in [0, 0.05) is 18.7 Å². The summed E-state index contributed by atoms with van der Waals surface area (Å²) in [6.07, 6.45) is -3.68. The Balaban J connectivity index is 1.93. The number of rotatable bonds is 4. The second kappa shape index (κ2) is 6.64. The minimum absolute atomic E-state index is 0.0765. The van der Waals surface area contributed by atoms with Crippen LogP contribution < -0.4 is 9.62 Å². The number of halogens is 3. The summed E-state index contributed by atoms with van der Waals surface area (Å²) in [7, 11) is -4.45. The van der Waals surface area contributed by atoms with Crippen LogP contribution in [0.15, 0.2) is 53.4 Å². The highest BCUT2D eigenvalue weighted by molar-refractivity contribution is 7.92. The fraction of sp³-hybridized carbons (Fsp3) is 0.235. The molecule has 1 amide bonds. The Morgan fingerprint density at radius 1 is 1.04 bits per heavy atom. The lowest BCUT2D eigenvalue weighted by Crippen LogP contribution is -2.24. The van der Waals surface area contributed by atoms with Crippen molar-refractivity contribution in [2.45, 2.75) is 23.9 Å². The maximum Gasteiger partial charge on any atom is 0.417 e. The van der Waals surface area contributed by atoms with E-state index in [9.17, 15) is 26.4 Å². The monoisotopic (exact) mass is 384 g/mol. The van der Waals surface area contributed by atoms with Gasteiger partial charge in [0.25, 0.3) is 10.0 Å². The van der Waals surface area contributed by atoms with E-state index in [0.717, 1.165) is 12.1 Å². The lowest BCUT2D eigenvalue weighted by Gasteiger charge is -2.18. The van der Waals surface area contributed by atoms with E-state index in [4.69, 9.17) is 0 Å². The summed E-state index contributed by atoms with van der Waals surface area (Å²) in [6, 6.07) is 9.99. The zero-order valence-electron chi connectivity index (χ0n) is 13.5. The fourth-order valence-corrected chi connectivity index (χ4v) is 4.08. The van der Waals surface area contributed by atoms with Crippen LogP contribution >= 0.6 is 0 Å². The molecule has 1 aliphatic rings. The first-order valence-electron chi connectivity index (χ1n) is 7.78. The van der Waals surface area contributed by atoms with E-state index >= 15 is 0 Å². The Morgan fingerprint density at radius 3 is 2.42 bits per heavy atom. The molecule has 0 radical (unpaired) electrons. The van der Waals surface area contributed by atoms with Crippen molar-refractivity contribution in [3.63, 3.8) is 0 Å². The zero-order chi connectivity index (χ0) is 18.9. The second-order valence-electron chi connectivity index (χ2n) is 5.80. The standard InChI is InChI=1S/C17H15F3N2O3S/c18-17(19,20)14-7-1-2-8-15(14)26(24,25)21-12-5-3-6-13(11-12)22-10-4-9-16(22)23/h1-3,5-8,11,21H,4,9-10H2. The van der Waals surface area contributed by atoms with E-state index in [0.29, 0.717) is 31.1 Å². The summed E-state index contributed by atoms with van der Waals surface area (Å²) < 4.78 is 66.4. The van der Waals surface area contributed by atoms with E-state index in [1.807, 2.05) is 0 Å². The molecule has 0 saturated carbocycles. The number of carbonyl (C=O) groups is 1. The van der Waals surface area contributed by atoms with E-state index in [1.165, 1.54) is 29.2 Å². The summed E-state index contributed by atoms with van der Waals surface area (Å²) in [5.41, 5.74) is -0.658. The number of alkyl halides is 3. The number of anilines is 2. The predicted octanol–water partition coefficient (Wildman–Crippen LogP) is 3.63. The van der Waals surface area contributed by atoms with Crippen molar-refractivity contribution < 1.29 is 26.4 Å². The number of hydrogen-bond acceptors (Lipinski definition) is 3. The Hall–Kier alpha value is -2.55. The van der Waals surface area contributed by atoms with Gasteiger partial charge in [0.2, 0.25) is 5.91 Å². The van der Waals surface area contributed by atoms with Crippen molar-refractivity contribution in [3.05, 3.63) is 54.1 Å². The largest absolute Gasteiger partial charge is 0.417 e. The van der Waals surface area contributed by atoms with Gasteiger partial charge >= 0.3 is 6.18 Å². The van der Waals surface area contributed by atoms with Crippen molar-refractivity contribution in [2.75, 3.05) is 16.2 Å². The van der Waals surface area contributed by atoms with Crippen molar-refractivity contribution in [3.8, 4) is 0 Å². The van der Waals surface area contributed by atoms with Gasteiger partial charge in [-0.25, -0.2) is 8.42 Å². The molecule has 0 aromatic heterocycles. The van der Waals surface area contributed by atoms with Crippen molar-refractivity contribution in [2.24, 2.45) is 0 Å². The van der Waals surface area contributed by atoms with Gasteiger partial charge in [-0.2, -0.15) is 13.2 Å². The Morgan fingerprint density at radius 2 is 1.77 bits per heavy atom. The van der Waals surface area contributed by atoms with Gasteiger partial charge in [0.05, 0.1) is 16.1 Å². The Labute approximate surface area is 148 Å². The molecule has 1 N–H and O–H groups in total. The Kier molecular flexibility index (Phi) is 4.66. The molecule has 1 aliphatic heterocycles. The maximum atomic E-state index is 13.1. The normalized spacial score (nSPS) is 15.3. The van der Waals surface area contributed by atoms with Gasteiger partial charge in [-0.05, 0) is 36.8 Å². The van der Waals surface area contributed by atoms with Crippen LogP contribution in [0.25, 0.3) is 0 Å². The average molecular weight is 384 g/mol. The quantitative estimate of drug-likeness (QED) is 0.875. The minimum Gasteiger partial charge on any atom is -0.312 e. The molecule has 1 fully saturated rings. The van der Waals surface area contributed by atoms with Crippen LogP contribution in [0.5, 0.6) is 0 Å². The van der Waals surface area contributed by atoms with Gasteiger partial charge in [-0.3, -0.25) is 9.52 Å². The number of benzene rings is 2. The van der Waals surface area contributed by atoms with E-state index < -0.39 is 26.7 Å². The molecule has 138 valence electrons. The van der Waals surface area contributed by atoms with Gasteiger partial charge in [0.1, 0.15) is 0 Å². The van der Waals surface area contributed by atoms with Crippen molar-refractivity contribution in [1.82, 2.24) is 0 Å². The van der Waals surface area contributed by atoms with Crippen molar-refractivity contribution in [1.29, 1.82) is 0 Å². The number of hydrogen-bond donors (Lipinski definition) is 1. The van der Waals surface area contributed by atoms with E-state index in [-0.39, 0.29) is 11.6 Å².